The Labute approximate surface area is 195 Å². The molecule has 0 aromatic carbocycles. The molecule has 1 amide bonds. The molecule has 1 aliphatic carbocycles. The van der Waals surface area contributed by atoms with Crippen LogP contribution >= 0.6 is 0 Å². The van der Waals surface area contributed by atoms with Crippen LogP contribution in [0.1, 0.15) is 50.4 Å². The van der Waals surface area contributed by atoms with E-state index in [9.17, 15) is 18.0 Å². The van der Waals surface area contributed by atoms with Crippen molar-refractivity contribution >= 4 is 11.9 Å². The van der Waals surface area contributed by atoms with E-state index in [-0.39, 0.29) is 5.91 Å². The van der Waals surface area contributed by atoms with Gasteiger partial charge in [0.2, 0.25) is 5.91 Å². The third kappa shape index (κ3) is 7.86. The lowest BCUT2D eigenvalue weighted by atomic mass is 10.1. The first-order valence-electron chi connectivity index (χ1n) is 11.3. The molecule has 1 atom stereocenters. The lowest BCUT2D eigenvalue weighted by Crippen LogP contribution is -2.36. The number of amides is 1. The van der Waals surface area contributed by atoms with E-state index in [0.29, 0.717) is 30.8 Å². The van der Waals surface area contributed by atoms with Crippen LogP contribution in [0.2, 0.25) is 0 Å². The van der Waals surface area contributed by atoms with Gasteiger partial charge < -0.3 is 10.4 Å². The molecule has 2 aliphatic rings. The molecule has 1 saturated carbocycles. The topological polar surface area (TPSA) is 105 Å². The first-order chi connectivity index (χ1) is 16.0. The molecule has 1 unspecified atom stereocenters. The summed E-state index contributed by atoms with van der Waals surface area (Å²) in [6.45, 7) is 8.54. The molecule has 34 heavy (non-hydrogen) atoms. The fourth-order valence-corrected chi connectivity index (χ4v) is 3.78. The number of carbonyl (C=O) groups is 2. The molecule has 1 aliphatic heterocycles. The van der Waals surface area contributed by atoms with Crippen molar-refractivity contribution < 1.29 is 27.9 Å². The van der Waals surface area contributed by atoms with Crippen LogP contribution in [0.3, 0.4) is 0 Å². The van der Waals surface area contributed by atoms with Crippen molar-refractivity contribution in [2.45, 2.75) is 65.0 Å². The number of carboxylic acid groups (broad SMARTS) is 1. The van der Waals surface area contributed by atoms with Crippen molar-refractivity contribution in [3.05, 3.63) is 35.9 Å². The smallest absolute Gasteiger partial charge is 0.475 e. The van der Waals surface area contributed by atoms with Gasteiger partial charge in [0.15, 0.2) is 0 Å². The van der Waals surface area contributed by atoms with Crippen LogP contribution in [0.5, 0.6) is 0 Å². The number of hydrogen-bond donors (Lipinski definition) is 2. The van der Waals surface area contributed by atoms with Gasteiger partial charge in [-0.15, -0.1) is 0 Å². The largest absolute Gasteiger partial charge is 0.490 e. The molecule has 9 nitrogen and oxygen atoms in total. The minimum Gasteiger partial charge on any atom is -0.475 e. The van der Waals surface area contributed by atoms with E-state index in [1.54, 1.807) is 0 Å². The van der Waals surface area contributed by atoms with E-state index in [1.165, 1.54) is 24.1 Å². The van der Waals surface area contributed by atoms with Gasteiger partial charge in [0, 0.05) is 69.1 Å². The Bertz CT molecular complexity index is 967. The average molecular weight is 485 g/mol. The van der Waals surface area contributed by atoms with Gasteiger partial charge in [-0.2, -0.15) is 23.4 Å². The molecule has 1 fully saturated rings. The minimum atomic E-state index is -5.08. The maximum atomic E-state index is 12.1. The summed E-state index contributed by atoms with van der Waals surface area (Å²) in [4.78, 5) is 23.4. The van der Waals surface area contributed by atoms with E-state index in [4.69, 9.17) is 9.90 Å². The van der Waals surface area contributed by atoms with Gasteiger partial charge in [-0.25, -0.2) is 4.79 Å². The Morgan fingerprint density at radius 1 is 1.21 bits per heavy atom. The molecule has 2 aromatic rings. The normalized spacial score (nSPS) is 18.6. The highest BCUT2D eigenvalue weighted by Gasteiger charge is 2.38. The second-order valence-corrected chi connectivity index (χ2v) is 9.22. The number of nitrogens with zero attached hydrogens (tertiary/aromatic N) is 5. The van der Waals surface area contributed by atoms with E-state index in [1.807, 2.05) is 17.1 Å². The van der Waals surface area contributed by atoms with Crippen LogP contribution in [-0.2, 0) is 29.2 Å². The van der Waals surface area contributed by atoms with Crippen molar-refractivity contribution in [2.24, 2.45) is 11.8 Å². The summed E-state index contributed by atoms with van der Waals surface area (Å²) < 4.78 is 35.8. The number of rotatable bonds is 7. The van der Waals surface area contributed by atoms with E-state index >= 15 is 0 Å². The summed E-state index contributed by atoms with van der Waals surface area (Å²) in [5, 5.41) is 19.2. The fraction of sp³-hybridized carbons (Fsp3) is 0.636. The molecule has 0 bridgehead atoms. The zero-order chi connectivity index (χ0) is 24.9. The molecule has 2 aromatic heterocycles. The summed E-state index contributed by atoms with van der Waals surface area (Å²) >= 11 is 0. The first-order valence-corrected chi connectivity index (χ1v) is 11.3. The minimum absolute atomic E-state index is 0.201. The van der Waals surface area contributed by atoms with Gasteiger partial charge >= 0.3 is 12.1 Å². The maximum Gasteiger partial charge on any atom is 0.490 e. The van der Waals surface area contributed by atoms with Gasteiger partial charge in [0.05, 0.1) is 11.9 Å². The molecule has 0 radical (unpaired) electrons. The standard InChI is InChI=1S/C20H30N6O.C2HF3O2/c1-15(2)25-12-18(9-23-25)11-24-10-17(8-21-20(27)7-16-3-4-16)13-26-19(14-24)5-6-22-26;3-2(4,5)1(6)7/h5-6,9,12,15-17H,3-4,7-8,10-11,13-14H2,1-2H3,(H,21,27);(H,6,7). The number of aliphatic carboxylic acids is 1. The molecule has 2 N–H and O–H groups in total. The summed E-state index contributed by atoms with van der Waals surface area (Å²) in [7, 11) is 0. The van der Waals surface area contributed by atoms with E-state index < -0.39 is 12.1 Å². The number of hydrogen-bond acceptors (Lipinski definition) is 5. The molecular formula is C22H31F3N6O3. The van der Waals surface area contributed by atoms with Crippen molar-refractivity contribution in [3.8, 4) is 0 Å². The highest BCUT2D eigenvalue weighted by Crippen LogP contribution is 2.32. The van der Waals surface area contributed by atoms with Crippen molar-refractivity contribution in [2.75, 3.05) is 13.1 Å². The van der Waals surface area contributed by atoms with Crippen LogP contribution in [0.15, 0.2) is 24.7 Å². The van der Waals surface area contributed by atoms with Gasteiger partial charge in [-0.3, -0.25) is 19.1 Å². The van der Waals surface area contributed by atoms with Crippen LogP contribution < -0.4 is 5.32 Å². The highest BCUT2D eigenvalue weighted by atomic mass is 19.4. The number of nitrogens with one attached hydrogen (secondary N) is 1. The zero-order valence-electron chi connectivity index (χ0n) is 19.3. The molecule has 3 heterocycles. The molecular weight excluding hydrogens is 453 g/mol. The lowest BCUT2D eigenvalue weighted by molar-refractivity contribution is -0.192. The number of carbonyl (C=O) groups excluding carboxylic acids is 1. The van der Waals surface area contributed by atoms with Crippen LogP contribution in [0.25, 0.3) is 0 Å². The first kappa shape index (κ1) is 25.7. The third-order valence-corrected chi connectivity index (χ3v) is 5.73. The number of carboxylic acids is 1. The summed E-state index contributed by atoms with van der Waals surface area (Å²) in [6, 6.07) is 2.47. The molecule has 12 heteroatoms. The fourth-order valence-electron chi connectivity index (χ4n) is 3.78. The van der Waals surface area contributed by atoms with Gasteiger partial charge in [-0.1, -0.05) is 0 Å². The second-order valence-electron chi connectivity index (χ2n) is 9.22. The Hall–Kier alpha value is -2.89. The summed E-state index contributed by atoms with van der Waals surface area (Å²) in [6.07, 6.45) is 4.01. The predicted molar refractivity (Wildman–Crippen MR) is 116 cm³/mol. The van der Waals surface area contributed by atoms with Gasteiger partial charge in [0.1, 0.15) is 0 Å². The van der Waals surface area contributed by atoms with Crippen molar-refractivity contribution in [1.82, 2.24) is 29.8 Å². The average Bonchev–Trinajstić information content (AvgIpc) is 3.30. The molecule has 188 valence electrons. The summed E-state index contributed by atoms with van der Waals surface area (Å²) in [5.74, 6) is -1.57. The Morgan fingerprint density at radius 2 is 1.91 bits per heavy atom. The number of fused-ring (bicyclic) bond motifs is 1. The number of halogens is 3. The SMILES string of the molecule is CC(C)n1cc(CN2Cc3ccnn3CC(CNC(=O)CC3CC3)C2)cn1.O=C(O)C(F)(F)F. The molecule has 4 rings (SSSR count). The number of aromatic nitrogens is 4. The van der Waals surface area contributed by atoms with Gasteiger partial charge in [0.25, 0.3) is 0 Å². The third-order valence-electron chi connectivity index (χ3n) is 5.73. The number of alkyl halides is 3. The Kier molecular flexibility index (Phi) is 8.34. The maximum absolute atomic E-state index is 12.1. The van der Waals surface area contributed by atoms with Crippen molar-refractivity contribution in [1.29, 1.82) is 0 Å². The van der Waals surface area contributed by atoms with Gasteiger partial charge in [-0.05, 0) is 38.7 Å². The van der Waals surface area contributed by atoms with Crippen molar-refractivity contribution in [3.63, 3.8) is 0 Å². The van der Waals surface area contributed by atoms with E-state index in [2.05, 4.69) is 51.2 Å². The highest BCUT2D eigenvalue weighted by molar-refractivity contribution is 5.76. The van der Waals surface area contributed by atoms with E-state index in [0.717, 1.165) is 26.2 Å². The van der Waals surface area contributed by atoms with Crippen LogP contribution in [-0.4, -0.2) is 60.7 Å². The predicted octanol–water partition coefficient (Wildman–Crippen LogP) is 2.84. The Balaban J connectivity index is 0.000000406. The quantitative estimate of drug-likeness (QED) is 0.626. The van der Waals surface area contributed by atoms with Crippen LogP contribution in [0, 0.1) is 11.8 Å². The molecule has 0 spiro atoms. The Morgan fingerprint density at radius 3 is 2.50 bits per heavy atom. The monoisotopic (exact) mass is 484 g/mol. The second kappa shape index (κ2) is 11.0. The summed E-state index contributed by atoms with van der Waals surface area (Å²) in [5.41, 5.74) is 2.46. The molecule has 0 saturated heterocycles. The zero-order valence-corrected chi connectivity index (χ0v) is 19.3. The van der Waals surface area contributed by atoms with Crippen LogP contribution in [0.4, 0.5) is 13.2 Å². The lowest BCUT2D eigenvalue weighted by Gasteiger charge is -2.23.